The Morgan fingerprint density at radius 2 is 1.65 bits per heavy atom. The van der Waals surface area contributed by atoms with Crippen LogP contribution >= 0.6 is 0 Å². The molecule has 0 fully saturated rings. The van der Waals surface area contributed by atoms with Gasteiger partial charge in [0.25, 0.3) is 0 Å². The van der Waals surface area contributed by atoms with Crippen molar-refractivity contribution in [1.82, 2.24) is 0 Å². The van der Waals surface area contributed by atoms with Gasteiger partial charge in [-0.25, -0.2) is 4.79 Å². The standard InChI is InChI=1S/C12H17NO4/c1-12(2,11(14)15)13-8-5-9(16-3)7-10(6-8)17-4/h5-7,13H,1-4H3,(H,14,15). The first-order valence-electron chi connectivity index (χ1n) is 5.13. The van der Waals surface area contributed by atoms with Crippen molar-refractivity contribution in [3.05, 3.63) is 18.2 Å². The van der Waals surface area contributed by atoms with Crippen LogP contribution < -0.4 is 14.8 Å². The van der Waals surface area contributed by atoms with Crippen molar-refractivity contribution in [3.63, 3.8) is 0 Å². The molecule has 0 saturated heterocycles. The molecule has 1 rings (SSSR count). The number of benzene rings is 1. The van der Waals surface area contributed by atoms with Crippen LogP contribution in [-0.2, 0) is 4.79 Å². The normalized spacial score (nSPS) is 10.8. The van der Waals surface area contributed by atoms with Gasteiger partial charge in [0.1, 0.15) is 17.0 Å². The number of hydrogen-bond donors (Lipinski definition) is 2. The summed E-state index contributed by atoms with van der Waals surface area (Å²) in [6.07, 6.45) is 0. The maximum Gasteiger partial charge on any atom is 0.328 e. The van der Waals surface area contributed by atoms with Crippen LogP contribution in [0.15, 0.2) is 18.2 Å². The molecule has 0 aliphatic rings. The largest absolute Gasteiger partial charge is 0.497 e. The lowest BCUT2D eigenvalue weighted by Gasteiger charge is -2.23. The van der Waals surface area contributed by atoms with Crippen LogP contribution in [0.1, 0.15) is 13.8 Å². The van der Waals surface area contributed by atoms with Gasteiger partial charge in [-0.2, -0.15) is 0 Å². The van der Waals surface area contributed by atoms with Crippen molar-refractivity contribution >= 4 is 11.7 Å². The van der Waals surface area contributed by atoms with E-state index in [0.717, 1.165) is 0 Å². The second-order valence-corrected chi connectivity index (χ2v) is 4.16. The number of carboxylic acids is 1. The number of carbonyl (C=O) groups is 1. The summed E-state index contributed by atoms with van der Waals surface area (Å²) in [5, 5.41) is 11.9. The van der Waals surface area contributed by atoms with Crippen molar-refractivity contribution < 1.29 is 19.4 Å². The number of rotatable bonds is 5. The molecule has 0 bridgehead atoms. The second kappa shape index (κ2) is 4.95. The van der Waals surface area contributed by atoms with E-state index in [1.807, 2.05) is 0 Å². The van der Waals surface area contributed by atoms with E-state index in [-0.39, 0.29) is 0 Å². The minimum Gasteiger partial charge on any atom is -0.497 e. The Labute approximate surface area is 100 Å². The zero-order chi connectivity index (χ0) is 13.1. The second-order valence-electron chi connectivity index (χ2n) is 4.16. The minimum absolute atomic E-state index is 0.605. The summed E-state index contributed by atoms with van der Waals surface area (Å²) < 4.78 is 10.2. The highest BCUT2D eigenvalue weighted by molar-refractivity contribution is 5.81. The summed E-state index contributed by atoms with van der Waals surface area (Å²) in [5.41, 5.74) is -0.425. The van der Waals surface area contributed by atoms with E-state index < -0.39 is 11.5 Å². The molecule has 0 aliphatic carbocycles. The van der Waals surface area contributed by atoms with Crippen LogP contribution in [0.3, 0.4) is 0 Å². The molecule has 0 heterocycles. The molecule has 2 N–H and O–H groups in total. The third-order valence-electron chi connectivity index (χ3n) is 2.34. The average Bonchev–Trinajstić information content (AvgIpc) is 2.27. The topological polar surface area (TPSA) is 67.8 Å². The van der Waals surface area contributed by atoms with Crippen molar-refractivity contribution in [3.8, 4) is 11.5 Å². The monoisotopic (exact) mass is 239 g/mol. The summed E-state index contributed by atoms with van der Waals surface area (Å²) in [7, 11) is 3.09. The molecule has 5 nitrogen and oxygen atoms in total. The number of aliphatic carboxylic acids is 1. The van der Waals surface area contributed by atoms with Gasteiger partial charge in [-0.1, -0.05) is 0 Å². The van der Waals surface area contributed by atoms with E-state index in [0.29, 0.717) is 17.2 Å². The lowest BCUT2D eigenvalue weighted by molar-refractivity contribution is -0.141. The number of ether oxygens (including phenoxy) is 2. The number of anilines is 1. The third-order valence-corrected chi connectivity index (χ3v) is 2.34. The van der Waals surface area contributed by atoms with Crippen molar-refractivity contribution in [2.45, 2.75) is 19.4 Å². The van der Waals surface area contributed by atoms with Crippen molar-refractivity contribution in [2.75, 3.05) is 19.5 Å². The first-order chi connectivity index (χ1) is 7.89. The molecule has 17 heavy (non-hydrogen) atoms. The Morgan fingerprint density at radius 3 is 2.00 bits per heavy atom. The van der Waals surface area contributed by atoms with E-state index in [9.17, 15) is 4.79 Å². The molecule has 1 aromatic carbocycles. The first-order valence-corrected chi connectivity index (χ1v) is 5.13. The number of hydrogen-bond acceptors (Lipinski definition) is 4. The molecule has 0 unspecified atom stereocenters. The number of methoxy groups -OCH3 is 2. The molecule has 0 saturated carbocycles. The molecule has 1 aromatic rings. The van der Waals surface area contributed by atoms with Crippen LogP contribution in [-0.4, -0.2) is 30.8 Å². The van der Waals surface area contributed by atoms with Crippen LogP contribution in [0, 0.1) is 0 Å². The van der Waals surface area contributed by atoms with E-state index in [4.69, 9.17) is 14.6 Å². The number of carboxylic acid groups (broad SMARTS) is 1. The number of nitrogens with one attached hydrogen (secondary N) is 1. The molecular weight excluding hydrogens is 222 g/mol. The van der Waals surface area contributed by atoms with Gasteiger partial charge in [0.05, 0.1) is 14.2 Å². The summed E-state index contributed by atoms with van der Waals surface area (Å²) in [6.45, 7) is 3.17. The van der Waals surface area contributed by atoms with E-state index in [1.54, 1.807) is 46.3 Å². The van der Waals surface area contributed by atoms with Crippen LogP contribution in [0.4, 0.5) is 5.69 Å². The van der Waals surface area contributed by atoms with Gasteiger partial charge in [0, 0.05) is 23.9 Å². The molecular formula is C12H17NO4. The Bertz CT molecular complexity index is 393. The third kappa shape index (κ3) is 3.27. The van der Waals surface area contributed by atoms with Gasteiger partial charge in [-0.05, 0) is 13.8 Å². The quantitative estimate of drug-likeness (QED) is 0.822. The summed E-state index contributed by atoms with van der Waals surface area (Å²) >= 11 is 0. The maximum absolute atomic E-state index is 11.0. The molecule has 0 aromatic heterocycles. The highest BCUT2D eigenvalue weighted by atomic mass is 16.5. The predicted octanol–water partition coefficient (Wildman–Crippen LogP) is 1.98. The highest BCUT2D eigenvalue weighted by Gasteiger charge is 2.26. The Balaban J connectivity index is 3.02. The first kappa shape index (κ1) is 13.2. The van der Waals surface area contributed by atoms with Crippen LogP contribution in [0.5, 0.6) is 11.5 Å². The molecule has 0 amide bonds. The molecule has 94 valence electrons. The van der Waals surface area contributed by atoms with Gasteiger partial charge in [-0.15, -0.1) is 0 Å². The zero-order valence-electron chi connectivity index (χ0n) is 10.4. The van der Waals surface area contributed by atoms with Gasteiger partial charge in [-0.3, -0.25) is 0 Å². The van der Waals surface area contributed by atoms with Crippen molar-refractivity contribution in [2.24, 2.45) is 0 Å². The lowest BCUT2D eigenvalue weighted by atomic mass is 10.1. The van der Waals surface area contributed by atoms with Crippen molar-refractivity contribution in [1.29, 1.82) is 0 Å². The molecule has 0 atom stereocenters. The summed E-state index contributed by atoms with van der Waals surface area (Å²) in [6, 6.07) is 5.15. The average molecular weight is 239 g/mol. The minimum atomic E-state index is -1.06. The maximum atomic E-state index is 11.0. The molecule has 0 radical (unpaired) electrons. The van der Waals surface area contributed by atoms with Crippen LogP contribution in [0.2, 0.25) is 0 Å². The fourth-order valence-electron chi connectivity index (χ4n) is 1.29. The van der Waals surface area contributed by atoms with E-state index in [1.165, 1.54) is 0 Å². The SMILES string of the molecule is COc1cc(NC(C)(C)C(=O)O)cc(OC)c1. The summed E-state index contributed by atoms with van der Waals surface area (Å²) in [4.78, 5) is 11.0. The van der Waals surface area contributed by atoms with Gasteiger partial charge in [0.15, 0.2) is 0 Å². The van der Waals surface area contributed by atoms with Gasteiger partial charge < -0.3 is 19.9 Å². The molecule has 5 heteroatoms. The Kier molecular flexibility index (Phi) is 3.83. The predicted molar refractivity (Wildman–Crippen MR) is 64.9 cm³/mol. The Hall–Kier alpha value is -1.91. The van der Waals surface area contributed by atoms with Gasteiger partial charge >= 0.3 is 5.97 Å². The van der Waals surface area contributed by atoms with Crippen LogP contribution in [0.25, 0.3) is 0 Å². The smallest absolute Gasteiger partial charge is 0.328 e. The fraction of sp³-hybridized carbons (Fsp3) is 0.417. The fourth-order valence-corrected chi connectivity index (χ4v) is 1.29. The molecule has 0 spiro atoms. The summed E-state index contributed by atoms with van der Waals surface area (Å²) in [5.74, 6) is 0.278. The Morgan fingerprint density at radius 1 is 1.18 bits per heavy atom. The lowest BCUT2D eigenvalue weighted by Crippen LogP contribution is -2.39. The van der Waals surface area contributed by atoms with E-state index in [2.05, 4.69) is 5.32 Å². The van der Waals surface area contributed by atoms with E-state index >= 15 is 0 Å². The zero-order valence-corrected chi connectivity index (χ0v) is 10.4. The molecule has 0 aliphatic heterocycles. The van der Waals surface area contributed by atoms with Gasteiger partial charge in [0.2, 0.25) is 0 Å². The highest BCUT2D eigenvalue weighted by Crippen LogP contribution is 2.27.